The van der Waals surface area contributed by atoms with Crippen LogP contribution in [-0.4, -0.2) is 14.8 Å². The SMILES string of the molecule is Cc1nn(C)c(I)c1C(=S)Nc1cccc2c1C(C)CC2(C)C. The van der Waals surface area contributed by atoms with Crippen LogP contribution in [0.5, 0.6) is 0 Å². The van der Waals surface area contributed by atoms with Crippen molar-refractivity contribution in [1.82, 2.24) is 9.78 Å². The summed E-state index contributed by atoms with van der Waals surface area (Å²) in [5.41, 5.74) is 6.23. The number of anilines is 1. The zero-order valence-electron chi connectivity index (χ0n) is 14.2. The Kier molecular flexibility index (Phi) is 4.29. The maximum absolute atomic E-state index is 5.69. The Balaban J connectivity index is 1.99. The molecule has 3 rings (SSSR count). The van der Waals surface area contributed by atoms with E-state index in [9.17, 15) is 0 Å². The maximum Gasteiger partial charge on any atom is 0.115 e. The second-order valence-electron chi connectivity index (χ2n) is 7.08. The van der Waals surface area contributed by atoms with Gasteiger partial charge in [-0.15, -0.1) is 0 Å². The predicted molar refractivity (Wildman–Crippen MR) is 108 cm³/mol. The summed E-state index contributed by atoms with van der Waals surface area (Å²) in [5, 5.41) is 7.96. The first kappa shape index (κ1) is 16.9. The summed E-state index contributed by atoms with van der Waals surface area (Å²) in [5.74, 6) is 0.542. The molecule has 0 radical (unpaired) electrons. The summed E-state index contributed by atoms with van der Waals surface area (Å²) in [4.78, 5) is 0.755. The highest BCUT2D eigenvalue weighted by Gasteiger charge is 2.36. The second-order valence-corrected chi connectivity index (χ2v) is 8.51. The van der Waals surface area contributed by atoms with Crippen LogP contribution in [0.1, 0.15) is 55.5 Å². The molecule has 0 saturated carbocycles. The molecule has 5 heteroatoms. The lowest BCUT2D eigenvalue weighted by Gasteiger charge is -2.19. The number of aromatic nitrogens is 2. The number of rotatable bonds is 2. The van der Waals surface area contributed by atoms with E-state index in [2.05, 4.69) is 72.0 Å². The van der Waals surface area contributed by atoms with E-state index in [4.69, 9.17) is 12.2 Å². The van der Waals surface area contributed by atoms with Crippen LogP contribution < -0.4 is 5.32 Å². The topological polar surface area (TPSA) is 29.9 Å². The van der Waals surface area contributed by atoms with Gasteiger partial charge in [0.05, 0.1) is 11.3 Å². The second kappa shape index (κ2) is 5.84. The summed E-state index contributed by atoms with van der Waals surface area (Å²) < 4.78 is 2.94. The Bertz CT molecular complexity index is 792. The minimum atomic E-state index is 0.229. The van der Waals surface area contributed by atoms with Gasteiger partial charge < -0.3 is 5.32 Å². The van der Waals surface area contributed by atoms with Crippen LogP contribution >= 0.6 is 34.8 Å². The lowest BCUT2D eigenvalue weighted by Crippen LogP contribution is -2.15. The van der Waals surface area contributed by atoms with Gasteiger partial charge in [-0.1, -0.05) is 45.1 Å². The Morgan fingerprint density at radius 1 is 1.43 bits per heavy atom. The molecule has 23 heavy (non-hydrogen) atoms. The van der Waals surface area contributed by atoms with Gasteiger partial charge in [0.15, 0.2) is 0 Å². The molecule has 0 amide bonds. The molecule has 0 fully saturated rings. The number of hydrogen-bond acceptors (Lipinski definition) is 2. The predicted octanol–water partition coefficient (Wildman–Crippen LogP) is 4.91. The smallest absolute Gasteiger partial charge is 0.115 e. The van der Waals surface area contributed by atoms with Crippen LogP contribution in [-0.2, 0) is 12.5 Å². The molecular weight excluding hydrogens is 417 g/mol. The van der Waals surface area contributed by atoms with E-state index < -0.39 is 0 Å². The lowest BCUT2D eigenvalue weighted by molar-refractivity contribution is 0.489. The quantitative estimate of drug-likeness (QED) is 0.533. The number of nitrogens with zero attached hydrogens (tertiary/aromatic N) is 2. The van der Waals surface area contributed by atoms with Crippen molar-refractivity contribution in [2.45, 2.75) is 45.4 Å². The number of hydrogen-bond donors (Lipinski definition) is 1. The largest absolute Gasteiger partial charge is 0.346 e. The third kappa shape index (κ3) is 2.82. The first-order chi connectivity index (χ1) is 10.7. The van der Waals surface area contributed by atoms with E-state index in [1.807, 2.05) is 18.7 Å². The normalized spacial score (nSPS) is 18.8. The third-order valence-corrected chi connectivity index (χ3v) is 6.32. The highest BCUT2D eigenvalue weighted by Crippen LogP contribution is 2.48. The van der Waals surface area contributed by atoms with Crippen molar-refractivity contribution in [2.24, 2.45) is 7.05 Å². The third-order valence-electron chi connectivity index (χ3n) is 4.77. The fourth-order valence-electron chi connectivity index (χ4n) is 3.85. The molecule has 1 aromatic heterocycles. The molecule has 0 bridgehead atoms. The van der Waals surface area contributed by atoms with E-state index in [0.717, 1.165) is 25.6 Å². The fraction of sp³-hybridized carbons (Fsp3) is 0.444. The Morgan fingerprint density at radius 3 is 2.74 bits per heavy atom. The molecule has 1 aliphatic rings. The molecule has 0 saturated heterocycles. The van der Waals surface area contributed by atoms with Crippen LogP contribution in [0, 0.1) is 10.6 Å². The minimum Gasteiger partial charge on any atom is -0.346 e. The van der Waals surface area contributed by atoms with Crippen molar-refractivity contribution in [3.63, 3.8) is 0 Å². The number of benzene rings is 1. The fourth-order valence-corrected chi connectivity index (χ4v) is 5.15. The maximum atomic E-state index is 5.69. The monoisotopic (exact) mass is 439 g/mol. The highest BCUT2D eigenvalue weighted by molar-refractivity contribution is 14.1. The van der Waals surface area contributed by atoms with Gasteiger partial charge in [-0.2, -0.15) is 5.10 Å². The van der Waals surface area contributed by atoms with Gasteiger partial charge in [-0.3, -0.25) is 4.68 Å². The Hall–Kier alpha value is -0.950. The standard InChI is InChI=1S/C18H22IN3S/c1-10-9-18(3,4)12-7-6-8-13(14(10)12)20-17(23)15-11(2)21-22(5)16(15)19/h6-8,10H,9H2,1-5H3,(H,20,23). The number of aryl methyl sites for hydroxylation is 2. The van der Waals surface area contributed by atoms with Crippen molar-refractivity contribution < 1.29 is 0 Å². The number of thiocarbonyl (C=S) groups is 1. The van der Waals surface area contributed by atoms with E-state index in [1.165, 1.54) is 17.5 Å². The summed E-state index contributed by atoms with van der Waals surface area (Å²) in [7, 11) is 1.95. The molecule has 1 unspecified atom stereocenters. The number of nitrogens with one attached hydrogen (secondary N) is 1. The first-order valence-corrected chi connectivity index (χ1v) is 9.35. The van der Waals surface area contributed by atoms with Gasteiger partial charge in [-0.25, -0.2) is 0 Å². The number of fused-ring (bicyclic) bond motifs is 1. The molecule has 1 aliphatic carbocycles. The summed E-state index contributed by atoms with van der Waals surface area (Å²) in [6, 6.07) is 6.53. The van der Waals surface area contributed by atoms with Gasteiger partial charge in [0.25, 0.3) is 0 Å². The zero-order valence-corrected chi connectivity index (χ0v) is 17.2. The van der Waals surface area contributed by atoms with Gasteiger partial charge in [0, 0.05) is 12.7 Å². The minimum absolute atomic E-state index is 0.229. The Morgan fingerprint density at radius 2 is 2.13 bits per heavy atom. The summed E-state index contributed by atoms with van der Waals surface area (Å²) in [6.45, 7) is 8.96. The molecular formula is C18H22IN3S. The molecule has 1 atom stereocenters. The molecule has 2 aromatic rings. The van der Waals surface area contributed by atoms with Crippen molar-refractivity contribution in [3.05, 3.63) is 44.3 Å². The van der Waals surface area contributed by atoms with Crippen LogP contribution in [0.2, 0.25) is 0 Å². The molecule has 122 valence electrons. The molecule has 1 heterocycles. The lowest BCUT2D eigenvalue weighted by atomic mass is 9.86. The van der Waals surface area contributed by atoms with E-state index in [1.54, 1.807) is 0 Å². The molecule has 0 spiro atoms. The van der Waals surface area contributed by atoms with Crippen molar-refractivity contribution >= 4 is 45.5 Å². The van der Waals surface area contributed by atoms with Gasteiger partial charge >= 0.3 is 0 Å². The van der Waals surface area contributed by atoms with E-state index in [-0.39, 0.29) is 5.41 Å². The molecule has 1 aromatic carbocycles. The van der Waals surface area contributed by atoms with Crippen LogP contribution in [0.15, 0.2) is 18.2 Å². The van der Waals surface area contributed by atoms with Crippen molar-refractivity contribution in [1.29, 1.82) is 0 Å². The summed E-state index contributed by atoms with van der Waals surface area (Å²) in [6.07, 6.45) is 1.18. The van der Waals surface area contributed by atoms with Crippen molar-refractivity contribution in [3.8, 4) is 0 Å². The van der Waals surface area contributed by atoms with E-state index >= 15 is 0 Å². The zero-order chi connectivity index (χ0) is 16.9. The van der Waals surface area contributed by atoms with Crippen molar-refractivity contribution in [2.75, 3.05) is 5.32 Å². The summed E-state index contributed by atoms with van der Waals surface area (Å²) >= 11 is 7.99. The number of halogens is 1. The van der Waals surface area contributed by atoms with Crippen LogP contribution in [0.25, 0.3) is 0 Å². The molecule has 0 aliphatic heterocycles. The first-order valence-electron chi connectivity index (χ1n) is 7.86. The van der Waals surface area contributed by atoms with Gasteiger partial charge in [-0.05, 0) is 64.5 Å². The van der Waals surface area contributed by atoms with Gasteiger partial charge in [0.1, 0.15) is 8.69 Å². The highest BCUT2D eigenvalue weighted by atomic mass is 127. The Labute approximate surface area is 157 Å². The molecule has 1 N–H and O–H groups in total. The van der Waals surface area contributed by atoms with Crippen LogP contribution in [0.4, 0.5) is 5.69 Å². The van der Waals surface area contributed by atoms with Gasteiger partial charge in [0.2, 0.25) is 0 Å². The van der Waals surface area contributed by atoms with Crippen LogP contribution in [0.3, 0.4) is 0 Å². The molecule has 3 nitrogen and oxygen atoms in total. The average molecular weight is 439 g/mol. The average Bonchev–Trinajstić information content (AvgIpc) is 2.84. The van der Waals surface area contributed by atoms with E-state index in [0.29, 0.717) is 5.92 Å².